The molecule has 2 unspecified atom stereocenters. The number of allylic oxidation sites excluding steroid dienone is 5. The van der Waals surface area contributed by atoms with E-state index in [2.05, 4.69) is 6.92 Å². The lowest BCUT2D eigenvalue weighted by atomic mass is 9.78. The lowest BCUT2D eigenvalue weighted by molar-refractivity contribution is -0.265. The van der Waals surface area contributed by atoms with Crippen molar-refractivity contribution < 1.29 is 63.6 Å². The van der Waals surface area contributed by atoms with E-state index in [9.17, 15) is 39.9 Å². The van der Waals surface area contributed by atoms with Gasteiger partial charge in [-0.2, -0.15) is 0 Å². The Morgan fingerprint density at radius 1 is 0.815 bits per heavy atom. The number of rotatable bonds is 6. The van der Waals surface area contributed by atoms with E-state index in [0.29, 0.717) is 63.4 Å². The van der Waals surface area contributed by atoms with Gasteiger partial charge in [-0.1, -0.05) is 71.1 Å². The van der Waals surface area contributed by atoms with Crippen LogP contribution in [0.5, 0.6) is 0 Å². The number of esters is 1. The summed E-state index contributed by atoms with van der Waals surface area (Å²) in [4.78, 5) is 44.1. The number of hydrogen-bond donors (Lipinski definition) is 5. The molecule has 4 aliphatic rings. The zero-order valence-electron chi connectivity index (χ0n) is 40.8. The van der Waals surface area contributed by atoms with Gasteiger partial charge in [-0.05, 0) is 113 Å². The van der Waals surface area contributed by atoms with Gasteiger partial charge in [0, 0.05) is 52.6 Å². The van der Waals surface area contributed by atoms with Crippen LogP contribution in [-0.4, -0.2) is 143 Å². The summed E-state index contributed by atoms with van der Waals surface area (Å²) in [5.41, 5.74) is 1.41. The molecule has 3 heterocycles. The molecule has 0 radical (unpaired) electrons. The monoisotopic (exact) mass is 918 g/mol. The molecule has 3 fully saturated rings. The molecular formula is C51H83NO13. The summed E-state index contributed by atoms with van der Waals surface area (Å²) < 4.78 is 29.6. The van der Waals surface area contributed by atoms with Crippen molar-refractivity contribution in [1.82, 2.24) is 4.90 Å². The lowest BCUT2D eigenvalue weighted by Gasteiger charge is -2.43. The number of methoxy groups -OCH3 is 3. The number of ether oxygens (including phenoxy) is 5. The Hall–Kier alpha value is -2.79. The van der Waals surface area contributed by atoms with Crippen LogP contribution < -0.4 is 0 Å². The van der Waals surface area contributed by atoms with Gasteiger partial charge >= 0.3 is 5.97 Å². The van der Waals surface area contributed by atoms with E-state index in [4.69, 9.17) is 23.7 Å². The van der Waals surface area contributed by atoms with Crippen molar-refractivity contribution in [2.75, 3.05) is 27.9 Å². The minimum Gasteiger partial charge on any atom is -0.460 e. The molecule has 4 rings (SSSR count). The molecule has 14 nitrogen and oxygen atoms in total. The molecule has 0 aromatic rings. The van der Waals surface area contributed by atoms with Crippen molar-refractivity contribution in [2.24, 2.45) is 35.5 Å². The van der Waals surface area contributed by atoms with Crippen molar-refractivity contribution in [3.8, 4) is 0 Å². The average molecular weight is 918 g/mol. The molecule has 17 atom stereocenters. The summed E-state index contributed by atoms with van der Waals surface area (Å²) in [5.74, 6) is -6.69. The fourth-order valence-electron chi connectivity index (χ4n) is 10.4. The van der Waals surface area contributed by atoms with Crippen molar-refractivity contribution in [3.05, 3.63) is 47.6 Å². The van der Waals surface area contributed by atoms with Crippen LogP contribution in [0.25, 0.3) is 0 Å². The van der Waals surface area contributed by atoms with Gasteiger partial charge < -0.3 is 54.1 Å². The summed E-state index contributed by atoms with van der Waals surface area (Å²) in [5, 5.41) is 57.2. The SMILES string of the molecule is CO[C@H]1[C@@H](O)[C@H](C)C[C@H](C)/C=C/C=C/C=C(\C)[C@@H](OC)CC2CC[C@@H](C)[C@@](O)(O2)C(=O)C(=O)N2CCCCC2C(=O)O[C@H]([C@H](C)C[C@@H]2CC[C@@H](O)[C@H](OC)C2)C[C@H](O)[C@H](C)/C=C(\C)[C@@H]1O. The van der Waals surface area contributed by atoms with E-state index in [1.807, 2.05) is 58.1 Å². The topological polar surface area (TPSA) is 202 Å². The maximum absolute atomic E-state index is 14.4. The second-order valence-electron chi connectivity index (χ2n) is 20.0. The summed E-state index contributed by atoms with van der Waals surface area (Å²) in [6.45, 7) is 13.2. The number of amides is 1. The molecule has 1 saturated carbocycles. The Bertz CT molecular complexity index is 1660. The van der Waals surface area contributed by atoms with Gasteiger partial charge in [0.2, 0.25) is 5.79 Å². The third-order valence-electron chi connectivity index (χ3n) is 14.9. The highest BCUT2D eigenvalue weighted by atomic mass is 16.6. The van der Waals surface area contributed by atoms with Gasteiger partial charge in [0.1, 0.15) is 24.4 Å². The predicted octanol–water partition coefficient (Wildman–Crippen LogP) is 5.76. The Labute approximate surface area is 388 Å². The number of aliphatic hydroxyl groups is 5. The molecule has 0 aromatic carbocycles. The van der Waals surface area contributed by atoms with Crippen LogP contribution in [0, 0.1) is 35.5 Å². The largest absolute Gasteiger partial charge is 0.460 e. The summed E-state index contributed by atoms with van der Waals surface area (Å²) in [6.07, 6.45) is 10.6. The lowest BCUT2D eigenvalue weighted by Crippen LogP contribution is -2.61. The number of hydrogen-bond acceptors (Lipinski definition) is 13. The number of fused-ring (bicyclic) bond motifs is 3. The Morgan fingerprint density at radius 3 is 2.22 bits per heavy atom. The number of nitrogens with zero attached hydrogens (tertiary/aromatic N) is 1. The number of carbonyl (C=O) groups is 3. The van der Waals surface area contributed by atoms with Crippen molar-refractivity contribution in [3.63, 3.8) is 0 Å². The summed E-state index contributed by atoms with van der Waals surface area (Å²) >= 11 is 0. The highest BCUT2D eigenvalue weighted by Crippen LogP contribution is 2.38. The van der Waals surface area contributed by atoms with E-state index in [1.165, 1.54) is 12.0 Å². The zero-order valence-corrected chi connectivity index (χ0v) is 40.8. The average Bonchev–Trinajstić information content (AvgIpc) is 3.28. The zero-order chi connectivity index (χ0) is 48.2. The Balaban J connectivity index is 1.70. The molecule has 1 amide bonds. The molecule has 2 saturated heterocycles. The van der Waals surface area contributed by atoms with Crippen LogP contribution in [0.15, 0.2) is 47.6 Å². The Morgan fingerprint density at radius 2 is 1.54 bits per heavy atom. The first-order valence-electron chi connectivity index (χ1n) is 24.2. The van der Waals surface area contributed by atoms with Crippen LogP contribution in [-0.2, 0) is 38.1 Å². The van der Waals surface area contributed by atoms with Gasteiger partial charge in [-0.15, -0.1) is 0 Å². The molecule has 3 aliphatic heterocycles. The molecule has 2 bridgehead atoms. The van der Waals surface area contributed by atoms with Crippen LogP contribution in [0.3, 0.4) is 0 Å². The highest BCUT2D eigenvalue weighted by Gasteiger charge is 2.53. The van der Waals surface area contributed by atoms with Gasteiger partial charge in [-0.3, -0.25) is 9.59 Å². The van der Waals surface area contributed by atoms with E-state index in [-0.39, 0.29) is 49.2 Å². The van der Waals surface area contributed by atoms with Crippen LogP contribution in [0.1, 0.15) is 126 Å². The number of carbonyl (C=O) groups excluding carboxylic acids is 3. The van der Waals surface area contributed by atoms with Gasteiger partial charge in [0.15, 0.2) is 0 Å². The van der Waals surface area contributed by atoms with Crippen LogP contribution in [0.4, 0.5) is 0 Å². The van der Waals surface area contributed by atoms with Crippen molar-refractivity contribution in [2.45, 2.75) is 192 Å². The van der Waals surface area contributed by atoms with Crippen LogP contribution in [0.2, 0.25) is 0 Å². The first-order valence-corrected chi connectivity index (χ1v) is 24.2. The summed E-state index contributed by atoms with van der Waals surface area (Å²) in [7, 11) is 4.63. The number of cyclic esters (lactones) is 1. The van der Waals surface area contributed by atoms with Gasteiger partial charge in [-0.25, -0.2) is 4.79 Å². The molecule has 0 aromatic heterocycles. The van der Waals surface area contributed by atoms with E-state index >= 15 is 0 Å². The van der Waals surface area contributed by atoms with Gasteiger partial charge in [0.05, 0.1) is 36.6 Å². The molecule has 1 aliphatic carbocycles. The standard InChI is InChI=1S/C51H83NO13/c1-30-16-12-11-13-17-31(2)42(61-8)28-38-21-19-36(7)51(60,65-38)48(57)49(58)52-23-15-14-18-39(52)50(59)64-43(33(4)26-37-20-22-40(53)44(27-37)62-9)29-41(54)32(3)25-35(6)46(56)47(63-10)45(55)34(5)24-30/h11-13,16-17,25,30,32-34,36-47,53-56,60H,14-15,18-24,26-29H2,1-10H3/b13-11+,16-12+,31-17+,35-25+/t30-,32-,33-,34-,36-,37+,38?,39?,40-,41+,42+,43+,44-,45+,46+,47+,51-/m1/s1. The molecule has 0 spiro atoms. The van der Waals surface area contributed by atoms with Gasteiger partial charge in [0.25, 0.3) is 11.7 Å². The second-order valence-corrected chi connectivity index (χ2v) is 20.0. The van der Waals surface area contributed by atoms with Crippen molar-refractivity contribution >= 4 is 17.7 Å². The highest BCUT2D eigenvalue weighted by molar-refractivity contribution is 6.39. The fourth-order valence-corrected chi connectivity index (χ4v) is 10.4. The third-order valence-corrected chi connectivity index (χ3v) is 14.9. The number of Topliss-reactive ketones (excluding diaryl/α,β-unsaturated/α-hetero) is 1. The first-order chi connectivity index (χ1) is 30.7. The first kappa shape index (κ1) is 54.8. The number of aliphatic hydroxyl groups excluding tert-OH is 4. The minimum absolute atomic E-state index is 0.0359. The maximum atomic E-state index is 14.4. The molecule has 5 N–H and O–H groups in total. The Kier molecular flexibility index (Phi) is 21.5. The van der Waals surface area contributed by atoms with Crippen molar-refractivity contribution in [1.29, 1.82) is 0 Å². The molecule has 14 heteroatoms. The van der Waals surface area contributed by atoms with E-state index in [0.717, 1.165) is 12.0 Å². The predicted molar refractivity (Wildman–Crippen MR) is 247 cm³/mol. The number of piperidine rings is 1. The molecule has 370 valence electrons. The second kappa shape index (κ2) is 25.5. The minimum atomic E-state index is -2.41. The maximum Gasteiger partial charge on any atom is 0.329 e. The fraction of sp³-hybridized carbons (Fsp3) is 0.784. The quantitative estimate of drug-likeness (QED) is 0.122. The summed E-state index contributed by atoms with van der Waals surface area (Å²) in [6, 6.07) is -1.10. The molecule has 65 heavy (non-hydrogen) atoms. The third kappa shape index (κ3) is 14.6. The number of ketones is 1. The molecular weight excluding hydrogens is 835 g/mol. The van der Waals surface area contributed by atoms with Crippen LogP contribution >= 0.6 is 0 Å². The smallest absolute Gasteiger partial charge is 0.329 e. The normalized spacial score (nSPS) is 42.7. The van der Waals surface area contributed by atoms with E-state index < -0.39 is 90.2 Å². The van der Waals surface area contributed by atoms with E-state index in [1.54, 1.807) is 34.1 Å².